The van der Waals surface area contributed by atoms with Gasteiger partial charge < -0.3 is 70.2 Å². The number of aldehydes is 2. The first-order valence-corrected chi connectivity index (χ1v) is 28.7. The lowest BCUT2D eigenvalue weighted by atomic mass is 10.0. The molecule has 23 nitrogen and oxygen atoms in total. The van der Waals surface area contributed by atoms with Crippen LogP contribution in [0.1, 0.15) is 121 Å². The number of carbonyl (C=O) groups is 9. The van der Waals surface area contributed by atoms with Crippen molar-refractivity contribution in [2.75, 3.05) is 78.7 Å². The Morgan fingerprint density at radius 3 is 1.66 bits per heavy atom. The lowest BCUT2D eigenvalue weighted by molar-refractivity contribution is -0.142. The van der Waals surface area contributed by atoms with E-state index < -0.39 is 41.4 Å². The number of nitrogens with two attached hydrogens (primary N) is 1. The van der Waals surface area contributed by atoms with E-state index in [-0.39, 0.29) is 87.9 Å². The summed E-state index contributed by atoms with van der Waals surface area (Å²) >= 11 is 6.53. The first-order chi connectivity index (χ1) is 37.1. The van der Waals surface area contributed by atoms with Gasteiger partial charge in [0.25, 0.3) is 0 Å². The van der Waals surface area contributed by atoms with Crippen molar-refractivity contribution in [3.63, 3.8) is 0 Å². The molecule has 0 aromatic heterocycles. The van der Waals surface area contributed by atoms with Crippen molar-refractivity contribution in [3.8, 4) is 5.75 Å². The number of aliphatic carboxylic acids is 2. The molecule has 0 radical (unpaired) electrons. The van der Waals surface area contributed by atoms with Gasteiger partial charge in [-0.1, -0.05) is 113 Å². The van der Waals surface area contributed by atoms with Crippen LogP contribution >= 0.6 is 47.2 Å². The van der Waals surface area contributed by atoms with E-state index in [2.05, 4.69) is 56.8 Å². The third kappa shape index (κ3) is 56.4. The SMILES string of the molecule is CNCCOCCOCC(=O)NC(C=O)Cc1ccc(O)cc1.NS.O=C(O)SSCC(NS)C(=O)F.O=CCOCCOCCNC(=O)CC[C@H](NC(=O)CCCCCCCCCCCCCCCCC(=O)O)C(=O)O. The summed E-state index contributed by atoms with van der Waals surface area (Å²) in [7, 11) is 3.24. The van der Waals surface area contributed by atoms with Crippen molar-refractivity contribution in [3.05, 3.63) is 29.8 Å². The number of nitrogens with one attached hydrogen (secondary N) is 5. The van der Waals surface area contributed by atoms with E-state index in [1.807, 2.05) is 7.05 Å². The minimum Gasteiger partial charge on any atom is -0.508 e. The second kappa shape index (κ2) is 58.1. The average molecular weight is 1180 g/mol. The summed E-state index contributed by atoms with van der Waals surface area (Å²) in [6.07, 6.45) is 17.6. The van der Waals surface area contributed by atoms with Gasteiger partial charge in [-0.05, 0) is 50.4 Å². The Hall–Kier alpha value is -4.10. The van der Waals surface area contributed by atoms with Crippen LogP contribution in [0.15, 0.2) is 24.3 Å². The number of hydrogen-bond acceptors (Lipinski definition) is 21. The molecule has 0 saturated carbocycles. The number of carboxylic acid groups (broad SMARTS) is 3. The maximum absolute atomic E-state index is 12.2. The van der Waals surface area contributed by atoms with Crippen LogP contribution < -0.4 is 31.1 Å². The van der Waals surface area contributed by atoms with Crippen LogP contribution in [0.3, 0.4) is 0 Å². The molecule has 0 saturated heterocycles. The number of ether oxygens (including phenoxy) is 4. The van der Waals surface area contributed by atoms with E-state index in [9.17, 15) is 57.8 Å². The van der Waals surface area contributed by atoms with Gasteiger partial charge in [0.1, 0.15) is 43.6 Å². The number of aromatic hydroxyl groups is 1. The molecule has 0 aliphatic heterocycles. The highest BCUT2D eigenvalue weighted by molar-refractivity contribution is 8.82. The van der Waals surface area contributed by atoms with Gasteiger partial charge in [-0.3, -0.25) is 33.8 Å². The van der Waals surface area contributed by atoms with Crippen molar-refractivity contribution >= 4 is 101 Å². The maximum atomic E-state index is 12.2. The van der Waals surface area contributed by atoms with Gasteiger partial charge in [0.05, 0.1) is 45.7 Å². The average Bonchev–Trinajstić information content (AvgIpc) is 3.40. The molecule has 11 N–H and O–H groups in total. The third-order valence-electron chi connectivity index (χ3n) is 10.3. The summed E-state index contributed by atoms with van der Waals surface area (Å²) < 4.78 is 34.7. The monoisotopic (exact) mass is 1180 g/mol. The fourth-order valence-corrected chi connectivity index (χ4v) is 8.07. The fourth-order valence-electron chi connectivity index (χ4n) is 6.32. The number of amides is 3. The number of thiol groups is 2. The van der Waals surface area contributed by atoms with E-state index in [0.717, 1.165) is 61.4 Å². The number of likely N-dealkylation sites (N-methyl/N-ethyl adjacent to an activating group) is 1. The van der Waals surface area contributed by atoms with E-state index in [1.165, 1.54) is 57.1 Å². The quantitative estimate of drug-likeness (QED) is 0.0134. The van der Waals surface area contributed by atoms with Gasteiger partial charge in [0.15, 0.2) is 0 Å². The summed E-state index contributed by atoms with van der Waals surface area (Å²) in [4.78, 5) is 98.9. The Balaban J connectivity index is -0.00000123. The van der Waals surface area contributed by atoms with E-state index >= 15 is 0 Å². The number of carboxylic acids is 2. The highest BCUT2D eigenvalue weighted by Gasteiger charge is 2.21. The highest BCUT2D eigenvalue weighted by Crippen LogP contribution is 2.23. The van der Waals surface area contributed by atoms with Crippen LogP contribution in [0.5, 0.6) is 5.75 Å². The Labute approximate surface area is 471 Å². The number of phenols is 1. The lowest BCUT2D eigenvalue weighted by Gasteiger charge is -2.14. The molecule has 0 bridgehead atoms. The Morgan fingerprint density at radius 1 is 0.662 bits per heavy atom. The first kappa shape index (κ1) is 77.1. The zero-order valence-corrected chi connectivity index (χ0v) is 47.6. The normalized spacial score (nSPS) is 11.6. The number of carbonyl (C=O) groups excluding carboxylic acids is 6. The van der Waals surface area contributed by atoms with Gasteiger partial charge in [-0.15, -0.1) is 12.8 Å². The molecule has 0 spiro atoms. The van der Waals surface area contributed by atoms with Crippen LogP contribution in [0, 0.1) is 0 Å². The molecule has 1 rings (SSSR count). The largest absolute Gasteiger partial charge is 0.508 e. The minimum absolute atomic E-state index is 0.0140. The number of rotatable bonds is 47. The standard InChI is InChI=1S/C29H52N2O9.C16H24N2O5.C4H6FNO3S3.H3NS/c32-20-22-40-24-23-39-21-19-30-26(33)18-17-25(29(37)38)31-27(34)15-13-11-9-7-5-3-1-2-4-6-8-10-12-14-16-28(35)36;1-17-6-7-22-8-9-23-12-16(21)18-14(11-19)10-13-2-4-15(20)5-3-13;5-3(7)2(6-10)1-11-12-4(8)9;1-2/h20,25H,1-19,21-24H2,(H,30,33)(H,31,34)(H,35,36)(H,37,38);2-5,11,14,17,20H,6-10,12H2,1H3,(H,18,21);2,6,10H,1H2,(H,8,9);2H,1H2/t25-;;;/m0.../s1. The van der Waals surface area contributed by atoms with Gasteiger partial charge in [0, 0.05) is 48.9 Å². The van der Waals surface area contributed by atoms with Crippen molar-refractivity contribution in [2.24, 2.45) is 5.14 Å². The molecule has 0 heterocycles. The molecule has 0 fully saturated rings. The van der Waals surface area contributed by atoms with Crippen molar-refractivity contribution in [2.45, 2.75) is 140 Å². The first-order valence-electron chi connectivity index (χ1n) is 25.4. The maximum Gasteiger partial charge on any atom is 0.375 e. The summed E-state index contributed by atoms with van der Waals surface area (Å²) in [6, 6.07) is 2.16. The molecule has 1 aromatic rings. The van der Waals surface area contributed by atoms with Gasteiger partial charge in [0.2, 0.25) is 17.7 Å². The van der Waals surface area contributed by atoms with Crippen LogP contribution in [-0.2, 0) is 63.7 Å². The van der Waals surface area contributed by atoms with Gasteiger partial charge in [-0.2, -0.15) is 4.39 Å². The second-order valence-electron chi connectivity index (χ2n) is 16.6. The predicted molar refractivity (Wildman–Crippen MR) is 300 cm³/mol. The van der Waals surface area contributed by atoms with E-state index in [0.29, 0.717) is 62.6 Å². The Morgan fingerprint density at radius 2 is 1.18 bits per heavy atom. The molecular weight excluding hydrogens is 1090 g/mol. The van der Waals surface area contributed by atoms with Crippen LogP contribution in [0.25, 0.3) is 0 Å². The Kier molecular flexibility index (Phi) is 58.2. The number of benzene rings is 1. The van der Waals surface area contributed by atoms with Crippen LogP contribution in [0.4, 0.5) is 9.18 Å². The number of hydrogen-bond donors (Lipinski definition) is 12. The molecule has 444 valence electrons. The molecule has 0 aliphatic rings. The van der Waals surface area contributed by atoms with Crippen molar-refractivity contribution in [1.82, 2.24) is 26.0 Å². The highest BCUT2D eigenvalue weighted by atomic mass is 33.1. The molecular formula is C49H85FN6O17S4. The van der Waals surface area contributed by atoms with Gasteiger partial charge in [-0.25, -0.2) is 9.59 Å². The summed E-state index contributed by atoms with van der Waals surface area (Å²) in [5, 5.41) is 49.2. The van der Waals surface area contributed by atoms with Gasteiger partial charge >= 0.3 is 23.3 Å². The zero-order valence-electron chi connectivity index (χ0n) is 44.2. The summed E-state index contributed by atoms with van der Waals surface area (Å²) in [5.41, 5.74) is 0.846. The van der Waals surface area contributed by atoms with Crippen molar-refractivity contribution < 1.29 is 86.9 Å². The number of phenolic OH excluding ortho intramolecular Hbond substituents is 1. The predicted octanol–water partition coefficient (Wildman–Crippen LogP) is 5.02. The molecule has 3 amide bonds. The topological polar surface area (TPSA) is 358 Å². The Bertz CT molecular complexity index is 1700. The van der Waals surface area contributed by atoms with Crippen LogP contribution in [-0.4, -0.2) is 171 Å². The van der Waals surface area contributed by atoms with Crippen LogP contribution in [0.2, 0.25) is 0 Å². The molecule has 3 atom stereocenters. The van der Waals surface area contributed by atoms with E-state index in [1.54, 1.807) is 12.1 Å². The fraction of sp³-hybridized carbons (Fsp3) is 0.694. The molecule has 0 aliphatic carbocycles. The molecule has 28 heteroatoms. The third-order valence-corrected chi connectivity index (χ3v) is 12.5. The minimum atomic E-state index is -1.55. The summed E-state index contributed by atoms with van der Waals surface area (Å²) in [6.45, 7) is 3.13. The summed E-state index contributed by atoms with van der Waals surface area (Å²) in [5.74, 6) is -2.65. The zero-order chi connectivity index (χ0) is 58.2. The molecule has 77 heavy (non-hydrogen) atoms. The van der Waals surface area contributed by atoms with E-state index in [4.69, 9.17) is 29.2 Å². The number of unbranched alkanes of at least 4 members (excludes halogenated alkanes) is 13. The second-order valence-corrected chi connectivity index (χ2v) is 19.2. The smallest absolute Gasteiger partial charge is 0.375 e. The molecule has 2 unspecified atom stereocenters. The number of halogens is 1. The lowest BCUT2D eigenvalue weighted by Crippen LogP contribution is -2.41. The van der Waals surface area contributed by atoms with Crippen molar-refractivity contribution in [1.29, 1.82) is 0 Å². The molecule has 1 aromatic carbocycles.